The summed E-state index contributed by atoms with van der Waals surface area (Å²) in [7, 11) is 0. The summed E-state index contributed by atoms with van der Waals surface area (Å²) in [6.07, 6.45) is 6.87. The van der Waals surface area contributed by atoms with Gasteiger partial charge in [-0.05, 0) is 49.6 Å². The van der Waals surface area contributed by atoms with Crippen LogP contribution in [0.5, 0.6) is 0 Å². The molecule has 4 nitrogen and oxygen atoms in total. The lowest BCUT2D eigenvalue weighted by Gasteiger charge is -2.40. The van der Waals surface area contributed by atoms with E-state index >= 15 is 0 Å². The third-order valence-electron chi connectivity index (χ3n) is 4.67. The number of carbonyl (C=O) groups excluding carboxylic acids is 1. The minimum atomic E-state index is 0.00609. The maximum absolute atomic E-state index is 12.2. The molecule has 3 rings (SSSR count). The molecule has 0 unspecified atom stereocenters. The lowest BCUT2D eigenvalue weighted by Crippen LogP contribution is -2.40. The van der Waals surface area contributed by atoms with Crippen molar-refractivity contribution in [3.05, 3.63) is 16.0 Å². The number of nitrogens with one attached hydrogen (secondary N) is 1. The number of hydrogen-bond acceptors (Lipinski definition) is 4. The van der Waals surface area contributed by atoms with E-state index in [9.17, 15) is 10.1 Å². The van der Waals surface area contributed by atoms with Crippen molar-refractivity contribution in [2.45, 2.75) is 44.9 Å². The summed E-state index contributed by atoms with van der Waals surface area (Å²) >= 11 is 1.58. The SMILES string of the molecule is N#Cc1c(NC(=O)CC2(CN)CCC2)sc2c1CCC2. The second kappa shape index (κ2) is 5.19. The van der Waals surface area contributed by atoms with Gasteiger partial charge >= 0.3 is 0 Å². The Balaban J connectivity index is 1.72. The average Bonchev–Trinajstić information content (AvgIpc) is 2.94. The monoisotopic (exact) mass is 289 g/mol. The molecule has 1 aromatic heterocycles. The second-order valence-electron chi connectivity index (χ2n) is 5.96. The highest BCUT2D eigenvalue weighted by atomic mass is 32.1. The summed E-state index contributed by atoms with van der Waals surface area (Å²) in [6, 6.07) is 2.26. The Morgan fingerprint density at radius 3 is 2.80 bits per heavy atom. The van der Waals surface area contributed by atoms with Crippen LogP contribution < -0.4 is 11.1 Å². The maximum atomic E-state index is 12.2. The smallest absolute Gasteiger partial charge is 0.225 e. The van der Waals surface area contributed by atoms with E-state index in [0.29, 0.717) is 18.5 Å². The zero-order chi connectivity index (χ0) is 14.2. The van der Waals surface area contributed by atoms with E-state index in [2.05, 4.69) is 11.4 Å². The molecular formula is C15H19N3OS. The van der Waals surface area contributed by atoms with E-state index in [-0.39, 0.29) is 11.3 Å². The van der Waals surface area contributed by atoms with Gasteiger partial charge < -0.3 is 11.1 Å². The number of nitriles is 1. The van der Waals surface area contributed by atoms with Crippen LogP contribution in [0.4, 0.5) is 5.00 Å². The van der Waals surface area contributed by atoms with Crippen LogP contribution in [-0.4, -0.2) is 12.5 Å². The first-order valence-corrected chi connectivity index (χ1v) is 8.04. The lowest BCUT2D eigenvalue weighted by molar-refractivity contribution is -0.119. The summed E-state index contributed by atoms with van der Waals surface area (Å²) in [6.45, 7) is 0.576. The second-order valence-corrected chi connectivity index (χ2v) is 7.06. The molecule has 20 heavy (non-hydrogen) atoms. The first-order valence-electron chi connectivity index (χ1n) is 7.22. The largest absolute Gasteiger partial charge is 0.330 e. The van der Waals surface area contributed by atoms with Crippen LogP contribution in [0.25, 0.3) is 0 Å². The molecule has 106 valence electrons. The first-order chi connectivity index (χ1) is 9.67. The van der Waals surface area contributed by atoms with E-state index in [1.165, 1.54) is 11.3 Å². The zero-order valence-corrected chi connectivity index (χ0v) is 12.3. The van der Waals surface area contributed by atoms with Gasteiger partial charge in [0, 0.05) is 11.3 Å². The Hall–Kier alpha value is -1.38. The molecule has 3 N–H and O–H groups in total. The van der Waals surface area contributed by atoms with Crippen LogP contribution in [0.1, 0.15) is 48.1 Å². The van der Waals surface area contributed by atoms with Gasteiger partial charge in [-0.1, -0.05) is 6.42 Å². The molecule has 1 fully saturated rings. The molecule has 1 aromatic rings. The quantitative estimate of drug-likeness (QED) is 0.894. The number of nitrogens with two attached hydrogens (primary N) is 1. The topological polar surface area (TPSA) is 78.9 Å². The molecule has 1 saturated carbocycles. The van der Waals surface area contributed by atoms with Gasteiger partial charge in [-0.2, -0.15) is 5.26 Å². The molecule has 0 aromatic carbocycles. The van der Waals surface area contributed by atoms with Gasteiger partial charge in [0.05, 0.1) is 5.56 Å². The highest BCUT2D eigenvalue weighted by Crippen LogP contribution is 2.44. The van der Waals surface area contributed by atoms with Gasteiger partial charge in [0.15, 0.2) is 0 Å². The van der Waals surface area contributed by atoms with Crippen LogP contribution in [0, 0.1) is 16.7 Å². The van der Waals surface area contributed by atoms with Crippen LogP contribution >= 0.6 is 11.3 Å². The lowest BCUT2D eigenvalue weighted by atomic mass is 9.66. The number of hydrogen-bond donors (Lipinski definition) is 2. The van der Waals surface area contributed by atoms with Gasteiger partial charge in [-0.25, -0.2) is 0 Å². The van der Waals surface area contributed by atoms with Crippen molar-refractivity contribution in [1.29, 1.82) is 5.26 Å². The average molecular weight is 289 g/mol. The predicted molar refractivity (Wildman–Crippen MR) is 79.6 cm³/mol. The van der Waals surface area contributed by atoms with Crippen molar-refractivity contribution >= 4 is 22.2 Å². The zero-order valence-electron chi connectivity index (χ0n) is 11.5. The molecule has 0 spiro atoms. The van der Waals surface area contributed by atoms with Crippen molar-refractivity contribution in [2.24, 2.45) is 11.1 Å². The molecular weight excluding hydrogens is 270 g/mol. The number of rotatable bonds is 4. The van der Waals surface area contributed by atoms with Gasteiger partial charge in [0.1, 0.15) is 11.1 Å². The third-order valence-corrected chi connectivity index (χ3v) is 5.88. The summed E-state index contributed by atoms with van der Waals surface area (Å²) in [5, 5.41) is 13.0. The Morgan fingerprint density at radius 2 is 2.20 bits per heavy atom. The van der Waals surface area contributed by atoms with Gasteiger partial charge in [-0.15, -0.1) is 11.3 Å². The van der Waals surface area contributed by atoms with Gasteiger partial charge in [-0.3, -0.25) is 4.79 Å². The summed E-state index contributed by atoms with van der Waals surface area (Å²) < 4.78 is 0. The van der Waals surface area contributed by atoms with Crippen molar-refractivity contribution in [3.8, 4) is 6.07 Å². The van der Waals surface area contributed by atoms with Gasteiger partial charge in [0.25, 0.3) is 0 Å². The molecule has 1 heterocycles. The van der Waals surface area contributed by atoms with Crippen LogP contribution in [0.15, 0.2) is 0 Å². The van der Waals surface area contributed by atoms with E-state index in [4.69, 9.17) is 5.73 Å². The maximum Gasteiger partial charge on any atom is 0.225 e. The third kappa shape index (κ3) is 2.23. The van der Waals surface area contributed by atoms with E-state index in [1.807, 2.05) is 0 Å². The van der Waals surface area contributed by atoms with Crippen molar-refractivity contribution in [3.63, 3.8) is 0 Å². The molecule has 0 atom stereocenters. The number of anilines is 1. The number of nitrogens with zero attached hydrogens (tertiary/aromatic N) is 1. The highest BCUT2D eigenvalue weighted by Gasteiger charge is 2.37. The summed E-state index contributed by atoms with van der Waals surface area (Å²) in [5.41, 5.74) is 7.65. The molecule has 1 amide bonds. The predicted octanol–water partition coefficient (Wildman–Crippen LogP) is 2.57. The fraction of sp³-hybridized carbons (Fsp3) is 0.600. The molecule has 0 saturated heterocycles. The molecule has 2 aliphatic rings. The molecule has 0 bridgehead atoms. The van der Waals surface area contributed by atoms with Crippen LogP contribution in [0.2, 0.25) is 0 Å². The highest BCUT2D eigenvalue weighted by molar-refractivity contribution is 7.16. The Bertz CT molecular complexity index is 575. The van der Waals surface area contributed by atoms with Gasteiger partial charge in [0.2, 0.25) is 5.91 Å². The van der Waals surface area contributed by atoms with Crippen molar-refractivity contribution < 1.29 is 4.79 Å². The van der Waals surface area contributed by atoms with Crippen LogP contribution in [-0.2, 0) is 17.6 Å². The number of fused-ring (bicyclic) bond motifs is 1. The Morgan fingerprint density at radius 1 is 1.40 bits per heavy atom. The normalized spacial score (nSPS) is 19.0. The van der Waals surface area contributed by atoms with Crippen molar-refractivity contribution in [2.75, 3.05) is 11.9 Å². The summed E-state index contributed by atoms with van der Waals surface area (Å²) in [4.78, 5) is 13.5. The molecule has 2 aliphatic carbocycles. The number of carbonyl (C=O) groups is 1. The van der Waals surface area contributed by atoms with Crippen molar-refractivity contribution in [1.82, 2.24) is 0 Å². The molecule has 0 radical (unpaired) electrons. The number of aryl methyl sites for hydroxylation is 1. The summed E-state index contributed by atoms with van der Waals surface area (Å²) in [5.74, 6) is 0.00609. The van der Waals surface area contributed by atoms with E-state index < -0.39 is 0 Å². The minimum Gasteiger partial charge on any atom is -0.330 e. The van der Waals surface area contributed by atoms with Crippen LogP contribution in [0.3, 0.4) is 0 Å². The number of thiophene rings is 1. The fourth-order valence-corrected chi connectivity index (χ4v) is 4.51. The standard InChI is InChI=1S/C15H19N3OS/c16-8-11-10-3-1-4-12(10)20-14(11)18-13(19)7-15(9-17)5-2-6-15/h1-7,9,17H2,(H,18,19). The Labute approximate surface area is 123 Å². The molecule has 0 aliphatic heterocycles. The van der Waals surface area contributed by atoms with E-state index in [1.54, 1.807) is 11.3 Å². The number of amides is 1. The van der Waals surface area contributed by atoms with E-state index in [0.717, 1.165) is 42.7 Å². The molecule has 5 heteroatoms. The Kier molecular flexibility index (Phi) is 3.53. The first kappa shape index (κ1) is 13.6. The minimum absolute atomic E-state index is 0.00609. The fourth-order valence-electron chi connectivity index (χ4n) is 3.25.